The van der Waals surface area contributed by atoms with Crippen LogP contribution in [0, 0.1) is 6.92 Å². The standard InChI is InChI=1S/C16H19N3/c1-11-18-8-7-16(19-11)15(17)10-12-5-6-13-3-2-4-14(13)9-12/h5-9,15H,2-4,10,17H2,1H3. The summed E-state index contributed by atoms with van der Waals surface area (Å²) in [6.45, 7) is 1.89. The Hall–Kier alpha value is -1.74. The third-order valence-electron chi connectivity index (χ3n) is 3.80. The number of rotatable bonds is 3. The maximum absolute atomic E-state index is 6.25. The van der Waals surface area contributed by atoms with Gasteiger partial charge >= 0.3 is 0 Å². The van der Waals surface area contributed by atoms with E-state index in [4.69, 9.17) is 5.73 Å². The van der Waals surface area contributed by atoms with E-state index in [-0.39, 0.29) is 6.04 Å². The van der Waals surface area contributed by atoms with E-state index in [1.165, 1.54) is 36.0 Å². The van der Waals surface area contributed by atoms with Crippen LogP contribution in [0.25, 0.3) is 0 Å². The molecule has 3 nitrogen and oxygen atoms in total. The quantitative estimate of drug-likeness (QED) is 0.914. The van der Waals surface area contributed by atoms with Gasteiger partial charge in [-0.05, 0) is 55.4 Å². The Morgan fingerprint density at radius 3 is 2.89 bits per heavy atom. The predicted molar refractivity (Wildman–Crippen MR) is 75.9 cm³/mol. The fraction of sp³-hybridized carbons (Fsp3) is 0.375. The number of hydrogen-bond acceptors (Lipinski definition) is 3. The zero-order chi connectivity index (χ0) is 13.2. The van der Waals surface area contributed by atoms with Gasteiger partial charge in [-0.1, -0.05) is 18.2 Å². The molecule has 1 heterocycles. The molecule has 1 atom stereocenters. The van der Waals surface area contributed by atoms with Crippen LogP contribution in [0.15, 0.2) is 30.5 Å². The van der Waals surface area contributed by atoms with Crippen molar-refractivity contribution in [2.24, 2.45) is 5.73 Å². The number of hydrogen-bond donors (Lipinski definition) is 1. The second kappa shape index (κ2) is 5.10. The molecule has 1 aromatic carbocycles. The zero-order valence-corrected chi connectivity index (χ0v) is 11.3. The van der Waals surface area contributed by atoms with Crippen LogP contribution in [0.4, 0.5) is 0 Å². The first-order chi connectivity index (χ1) is 9.22. The molecule has 0 saturated carbocycles. The molecule has 2 N–H and O–H groups in total. The highest BCUT2D eigenvalue weighted by atomic mass is 14.9. The van der Waals surface area contributed by atoms with Crippen LogP contribution in [0.5, 0.6) is 0 Å². The Bertz CT molecular complexity index is 592. The van der Waals surface area contributed by atoms with Gasteiger partial charge in [0.25, 0.3) is 0 Å². The largest absolute Gasteiger partial charge is 0.322 e. The average Bonchev–Trinajstić information content (AvgIpc) is 2.86. The van der Waals surface area contributed by atoms with Crippen LogP contribution in [0.3, 0.4) is 0 Å². The van der Waals surface area contributed by atoms with Crippen LogP contribution < -0.4 is 5.73 Å². The molecular weight excluding hydrogens is 234 g/mol. The lowest BCUT2D eigenvalue weighted by molar-refractivity contribution is 0.687. The molecule has 0 aliphatic heterocycles. The van der Waals surface area contributed by atoms with Crippen molar-refractivity contribution < 1.29 is 0 Å². The number of nitrogens with two attached hydrogens (primary N) is 1. The summed E-state index contributed by atoms with van der Waals surface area (Å²) in [7, 11) is 0. The fourth-order valence-corrected chi connectivity index (χ4v) is 2.79. The smallest absolute Gasteiger partial charge is 0.125 e. The Balaban J connectivity index is 1.77. The van der Waals surface area contributed by atoms with Crippen LogP contribution in [0.1, 0.15) is 40.7 Å². The Kier molecular flexibility index (Phi) is 3.30. The Morgan fingerprint density at radius 1 is 1.21 bits per heavy atom. The molecule has 1 unspecified atom stereocenters. The van der Waals surface area contributed by atoms with Gasteiger partial charge in [0.2, 0.25) is 0 Å². The van der Waals surface area contributed by atoms with Crippen molar-refractivity contribution in [2.75, 3.05) is 0 Å². The van der Waals surface area contributed by atoms with Gasteiger partial charge in [-0.15, -0.1) is 0 Å². The number of fused-ring (bicyclic) bond motifs is 1. The lowest BCUT2D eigenvalue weighted by Gasteiger charge is -2.12. The molecule has 0 fully saturated rings. The molecule has 3 heteroatoms. The lowest BCUT2D eigenvalue weighted by Crippen LogP contribution is -2.15. The molecule has 98 valence electrons. The van der Waals surface area contributed by atoms with Crippen LogP contribution in [-0.4, -0.2) is 9.97 Å². The summed E-state index contributed by atoms with van der Waals surface area (Å²) < 4.78 is 0. The van der Waals surface area contributed by atoms with Gasteiger partial charge in [0, 0.05) is 6.20 Å². The maximum atomic E-state index is 6.25. The van der Waals surface area contributed by atoms with Gasteiger partial charge in [-0.2, -0.15) is 0 Å². The lowest BCUT2D eigenvalue weighted by atomic mass is 10.00. The predicted octanol–water partition coefficient (Wildman–Crippen LogP) is 2.52. The van der Waals surface area contributed by atoms with Crippen LogP contribution in [-0.2, 0) is 19.3 Å². The van der Waals surface area contributed by atoms with E-state index in [1.54, 1.807) is 6.20 Å². The number of benzene rings is 1. The molecule has 1 aromatic heterocycles. The summed E-state index contributed by atoms with van der Waals surface area (Å²) in [6.07, 6.45) is 6.34. The minimum atomic E-state index is -0.0545. The van der Waals surface area contributed by atoms with Gasteiger partial charge in [0.1, 0.15) is 5.82 Å². The van der Waals surface area contributed by atoms with E-state index in [2.05, 4.69) is 28.2 Å². The summed E-state index contributed by atoms with van der Waals surface area (Å²) in [5, 5.41) is 0. The second-order valence-electron chi connectivity index (χ2n) is 5.30. The van der Waals surface area contributed by atoms with Crippen molar-refractivity contribution >= 4 is 0 Å². The van der Waals surface area contributed by atoms with Crippen molar-refractivity contribution in [1.82, 2.24) is 9.97 Å². The third-order valence-corrected chi connectivity index (χ3v) is 3.80. The summed E-state index contributed by atoms with van der Waals surface area (Å²) in [5.74, 6) is 0.780. The van der Waals surface area contributed by atoms with Crippen LogP contribution in [0.2, 0.25) is 0 Å². The van der Waals surface area contributed by atoms with Gasteiger partial charge < -0.3 is 5.73 Å². The first kappa shape index (κ1) is 12.3. The minimum Gasteiger partial charge on any atom is -0.322 e. The average molecular weight is 253 g/mol. The van der Waals surface area contributed by atoms with Crippen molar-refractivity contribution in [2.45, 2.75) is 38.6 Å². The van der Waals surface area contributed by atoms with E-state index in [9.17, 15) is 0 Å². The fourth-order valence-electron chi connectivity index (χ4n) is 2.79. The number of aromatic nitrogens is 2. The first-order valence-electron chi connectivity index (χ1n) is 6.88. The molecule has 2 aromatic rings. The molecule has 3 rings (SSSR count). The SMILES string of the molecule is Cc1nccc(C(N)Cc2ccc3c(c2)CCC3)n1. The van der Waals surface area contributed by atoms with Gasteiger partial charge in [0.15, 0.2) is 0 Å². The van der Waals surface area contributed by atoms with Crippen molar-refractivity contribution in [3.63, 3.8) is 0 Å². The monoisotopic (exact) mass is 253 g/mol. The molecule has 0 saturated heterocycles. The van der Waals surface area contributed by atoms with Crippen LogP contribution >= 0.6 is 0 Å². The molecule has 0 bridgehead atoms. The molecule has 1 aliphatic carbocycles. The normalized spacial score (nSPS) is 15.3. The second-order valence-corrected chi connectivity index (χ2v) is 5.30. The Labute approximate surface area is 113 Å². The summed E-state index contributed by atoms with van der Waals surface area (Å²) >= 11 is 0. The molecule has 1 aliphatic rings. The van der Waals surface area contributed by atoms with E-state index in [0.717, 1.165) is 17.9 Å². The molecule has 0 radical (unpaired) electrons. The molecule has 19 heavy (non-hydrogen) atoms. The van der Waals surface area contributed by atoms with E-state index >= 15 is 0 Å². The van der Waals surface area contributed by atoms with Gasteiger partial charge in [0.05, 0.1) is 11.7 Å². The van der Waals surface area contributed by atoms with E-state index in [1.807, 2.05) is 13.0 Å². The molecule has 0 amide bonds. The topological polar surface area (TPSA) is 51.8 Å². The van der Waals surface area contributed by atoms with Gasteiger partial charge in [-0.3, -0.25) is 0 Å². The van der Waals surface area contributed by atoms with Crippen molar-refractivity contribution in [3.8, 4) is 0 Å². The highest BCUT2D eigenvalue weighted by Gasteiger charge is 2.13. The molecular formula is C16H19N3. The Morgan fingerprint density at radius 2 is 2.05 bits per heavy atom. The zero-order valence-electron chi connectivity index (χ0n) is 11.3. The maximum Gasteiger partial charge on any atom is 0.125 e. The van der Waals surface area contributed by atoms with Crippen molar-refractivity contribution in [3.05, 3.63) is 58.7 Å². The van der Waals surface area contributed by atoms with E-state index in [0.29, 0.717) is 0 Å². The summed E-state index contributed by atoms with van der Waals surface area (Å²) in [6, 6.07) is 8.63. The first-order valence-corrected chi connectivity index (χ1v) is 6.88. The summed E-state index contributed by atoms with van der Waals surface area (Å²) in [4.78, 5) is 8.52. The minimum absolute atomic E-state index is 0.0545. The van der Waals surface area contributed by atoms with Gasteiger partial charge in [-0.25, -0.2) is 9.97 Å². The highest BCUT2D eigenvalue weighted by Crippen LogP contribution is 2.24. The highest BCUT2D eigenvalue weighted by molar-refractivity contribution is 5.35. The van der Waals surface area contributed by atoms with E-state index < -0.39 is 0 Å². The van der Waals surface area contributed by atoms with Crippen molar-refractivity contribution in [1.29, 1.82) is 0 Å². The number of aryl methyl sites for hydroxylation is 3. The molecule has 0 spiro atoms. The summed E-state index contributed by atoms with van der Waals surface area (Å²) in [5.41, 5.74) is 11.5. The third kappa shape index (κ3) is 2.66. The number of nitrogens with zero attached hydrogens (tertiary/aromatic N) is 2.